The molecule has 0 spiro atoms. The van der Waals surface area contributed by atoms with Crippen molar-refractivity contribution in [3.05, 3.63) is 33.9 Å². The highest BCUT2D eigenvalue weighted by Crippen LogP contribution is 2.22. The van der Waals surface area contributed by atoms with E-state index in [9.17, 15) is 23.3 Å². The number of hydrogen-bond donors (Lipinski definition) is 2. The van der Waals surface area contributed by atoms with E-state index in [0.29, 0.717) is 5.56 Å². The molecule has 0 aromatic heterocycles. The standard InChI is InChI=1S/C9H10N2O6S/c1-6-2-3-7(11(14)15)4-8(6)10-18(16,17)5-9(12)13/h2-4,10H,5H2,1H3,(H,12,13). The third-order valence-electron chi connectivity index (χ3n) is 2.01. The van der Waals surface area contributed by atoms with Gasteiger partial charge in [-0.05, 0) is 12.5 Å². The number of nitrogens with zero attached hydrogens (tertiary/aromatic N) is 1. The van der Waals surface area contributed by atoms with Gasteiger partial charge in [-0.3, -0.25) is 19.6 Å². The van der Waals surface area contributed by atoms with Gasteiger partial charge in [0.1, 0.15) is 0 Å². The van der Waals surface area contributed by atoms with Crippen molar-refractivity contribution in [1.82, 2.24) is 0 Å². The largest absolute Gasteiger partial charge is 0.480 e. The monoisotopic (exact) mass is 274 g/mol. The summed E-state index contributed by atoms with van der Waals surface area (Å²) in [5.41, 5.74) is 0.161. The van der Waals surface area contributed by atoms with Crippen LogP contribution in [-0.4, -0.2) is 30.2 Å². The second-order valence-corrected chi connectivity index (χ2v) is 5.23. The van der Waals surface area contributed by atoms with Crippen molar-refractivity contribution >= 4 is 27.4 Å². The first kappa shape index (κ1) is 13.9. The summed E-state index contributed by atoms with van der Waals surface area (Å²) < 4.78 is 24.8. The Hall–Kier alpha value is -2.16. The molecule has 2 N–H and O–H groups in total. The number of aryl methyl sites for hydroxylation is 1. The van der Waals surface area contributed by atoms with E-state index in [1.807, 2.05) is 4.72 Å². The maximum atomic E-state index is 11.4. The van der Waals surface area contributed by atoms with Crippen LogP contribution in [0.3, 0.4) is 0 Å². The zero-order chi connectivity index (χ0) is 13.9. The minimum absolute atomic E-state index is 0.00884. The lowest BCUT2D eigenvalue weighted by atomic mass is 10.2. The Morgan fingerprint density at radius 1 is 1.50 bits per heavy atom. The number of carbonyl (C=O) groups is 1. The van der Waals surface area contributed by atoms with Gasteiger partial charge in [0, 0.05) is 12.1 Å². The molecule has 0 saturated heterocycles. The van der Waals surface area contributed by atoms with Gasteiger partial charge in [0.2, 0.25) is 10.0 Å². The highest BCUT2D eigenvalue weighted by Gasteiger charge is 2.18. The Labute approximate surface area is 102 Å². The van der Waals surface area contributed by atoms with Gasteiger partial charge in [0.25, 0.3) is 5.69 Å². The van der Waals surface area contributed by atoms with Crippen LogP contribution in [0, 0.1) is 17.0 Å². The summed E-state index contributed by atoms with van der Waals surface area (Å²) in [6.07, 6.45) is 0. The lowest BCUT2D eigenvalue weighted by Crippen LogP contribution is -2.22. The summed E-state index contributed by atoms with van der Waals surface area (Å²) in [5, 5.41) is 19.0. The Balaban J connectivity index is 3.07. The molecular weight excluding hydrogens is 264 g/mol. The predicted molar refractivity (Wildman–Crippen MR) is 62.9 cm³/mol. The molecular formula is C9H10N2O6S. The van der Waals surface area contributed by atoms with Crippen LogP contribution in [-0.2, 0) is 14.8 Å². The summed E-state index contributed by atoms with van der Waals surface area (Å²) in [6.45, 7) is 1.54. The number of nitrogens with one attached hydrogen (secondary N) is 1. The first-order chi connectivity index (χ1) is 8.21. The molecule has 0 amide bonds. The lowest BCUT2D eigenvalue weighted by molar-refractivity contribution is -0.384. The zero-order valence-electron chi connectivity index (χ0n) is 9.28. The smallest absolute Gasteiger partial charge is 0.320 e. The van der Waals surface area contributed by atoms with Crippen molar-refractivity contribution in [1.29, 1.82) is 0 Å². The summed E-state index contributed by atoms with van der Waals surface area (Å²) in [5.74, 6) is -2.61. The van der Waals surface area contributed by atoms with Gasteiger partial charge in [-0.25, -0.2) is 8.42 Å². The number of nitro benzene ring substituents is 1. The molecule has 8 nitrogen and oxygen atoms in total. The number of benzene rings is 1. The molecule has 0 heterocycles. The number of nitro groups is 1. The number of rotatable bonds is 5. The van der Waals surface area contributed by atoms with Gasteiger partial charge in [0.05, 0.1) is 10.6 Å². The second-order valence-electron chi connectivity index (χ2n) is 3.51. The topological polar surface area (TPSA) is 127 Å². The van der Waals surface area contributed by atoms with Crippen LogP contribution in [0.5, 0.6) is 0 Å². The molecule has 98 valence electrons. The van der Waals surface area contributed by atoms with Crippen LogP contribution in [0.25, 0.3) is 0 Å². The van der Waals surface area contributed by atoms with Crippen molar-refractivity contribution in [3.8, 4) is 0 Å². The van der Waals surface area contributed by atoms with Crippen molar-refractivity contribution < 1.29 is 23.2 Å². The first-order valence-electron chi connectivity index (χ1n) is 4.68. The van der Waals surface area contributed by atoms with Crippen LogP contribution in [0.1, 0.15) is 5.56 Å². The van der Waals surface area contributed by atoms with Crippen LogP contribution in [0.4, 0.5) is 11.4 Å². The molecule has 0 unspecified atom stereocenters. The fraction of sp³-hybridized carbons (Fsp3) is 0.222. The average molecular weight is 274 g/mol. The molecule has 18 heavy (non-hydrogen) atoms. The number of hydrogen-bond acceptors (Lipinski definition) is 5. The third-order valence-corrected chi connectivity index (χ3v) is 3.17. The van der Waals surface area contributed by atoms with Crippen LogP contribution >= 0.6 is 0 Å². The molecule has 0 bridgehead atoms. The van der Waals surface area contributed by atoms with Crippen molar-refractivity contribution in [3.63, 3.8) is 0 Å². The van der Waals surface area contributed by atoms with Gasteiger partial charge in [-0.15, -0.1) is 0 Å². The predicted octanol–water partition coefficient (Wildman–Crippen LogP) is 0.730. The number of carboxylic acid groups (broad SMARTS) is 1. The highest BCUT2D eigenvalue weighted by molar-refractivity contribution is 7.93. The van der Waals surface area contributed by atoms with E-state index in [2.05, 4.69) is 0 Å². The molecule has 1 aromatic rings. The lowest BCUT2D eigenvalue weighted by Gasteiger charge is -2.08. The molecule has 0 radical (unpaired) electrons. The molecule has 1 rings (SSSR count). The summed E-state index contributed by atoms with van der Waals surface area (Å²) in [6, 6.07) is 3.63. The fourth-order valence-corrected chi connectivity index (χ4v) is 2.15. The van der Waals surface area contributed by atoms with Crippen LogP contribution in [0.2, 0.25) is 0 Å². The van der Waals surface area contributed by atoms with E-state index in [1.54, 1.807) is 6.92 Å². The van der Waals surface area contributed by atoms with Crippen LogP contribution in [0.15, 0.2) is 18.2 Å². The van der Waals surface area contributed by atoms with E-state index < -0.39 is 26.7 Å². The molecule has 0 saturated carbocycles. The maximum Gasteiger partial charge on any atom is 0.320 e. The Bertz CT molecular complexity index is 595. The number of non-ortho nitro benzene ring substituents is 1. The highest BCUT2D eigenvalue weighted by atomic mass is 32.2. The Kier molecular flexibility index (Phi) is 3.86. The third kappa shape index (κ3) is 3.70. The number of aliphatic carboxylic acids is 1. The van der Waals surface area contributed by atoms with Crippen molar-refractivity contribution in [2.45, 2.75) is 6.92 Å². The van der Waals surface area contributed by atoms with Gasteiger partial charge >= 0.3 is 5.97 Å². The molecule has 1 aromatic carbocycles. The van der Waals surface area contributed by atoms with E-state index in [0.717, 1.165) is 6.07 Å². The Morgan fingerprint density at radius 2 is 2.11 bits per heavy atom. The van der Waals surface area contributed by atoms with E-state index >= 15 is 0 Å². The molecule has 0 aliphatic carbocycles. The fourth-order valence-electron chi connectivity index (χ4n) is 1.20. The maximum absolute atomic E-state index is 11.4. The van der Waals surface area contributed by atoms with E-state index in [-0.39, 0.29) is 11.4 Å². The summed E-state index contributed by atoms with van der Waals surface area (Å²) in [4.78, 5) is 20.2. The Morgan fingerprint density at radius 3 is 2.61 bits per heavy atom. The normalized spacial score (nSPS) is 10.9. The van der Waals surface area contributed by atoms with Gasteiger partial charge < -0.3 is 5.11 Å². The molecule has 0 aliphatic heterocycles. The quantitative estimate of drug-likeness (QED) is 0.602. The van der Waals surface area contributed by atoms with Gasteiger partial charge in [0.15, 0.2) is 5.75 Å². The van der Waals surface area contributed by atoms with E-state index in [4.69, 9.17) is 5.11 Å². The number of carboxylic acids is 1. The van der Waals surface area contributed by atoms with Crippen molar-refractivity contribution in [2.24, 2.45) is 0 Å². The zero-order valence-corrected chi connectivity index (χ0v) is 10.1. The number of sulfonamides is 1. The molecule has 0 atom stereocenters. The first-order valence-corrected chi connectivity index (χ1v) is 6.34. The van der Waals surface area contributed by atoms with Gasteiger partial charge in [-0.2, -0.15) is 0 Å². The average Bonchev–Trinajstić information content (AvgIpc) is 2.18. The second kappa shape index (κ2) is 5.00. The minimum atomic E-state index is -4.07. The van der Waals surface area contributed by atoms with E-state index in [1.165, 1.54) is 12.1 Å². The summed E-state index contributed by atoms with van der Waals surface area (Å²) in [7, 11) is -4.07. The SMILES string of the molecule is Cc1ccc([N+](=O)[O-])cc1NS(=O)(=O)CC(=O)O. The molecule has 0 aliphatic rings. The van der Waals surface area contributed by atoms with Gasteiger partial charge in [-0.1, -0.05) is 6.07 Å². The number of anilines is 1. The summed E-state index contributed by atoms with van der Waals surface area (Å²) >= 11 is 0. The minimum Gasteiger partial charge on any atom is -0.480 e. The van der Waals surface area contributed by atoms with Crippen molar-refractivity contribution in [2.75, 3.05) is 10.5 Å². The molecule has 0 fully saturated rings. The van der Waals surface area contributed by atoms with Crippen LogP contribution < -0.4 is 4.72 Å². The molecule has 9 heteroatoms.